The summed E-state index contributed by atoms with van der Waals surface area (Å²) in [5.41, 5.74) is 2.64. The van der Waals surface area contributed by atoms with Gasteiger partial charge in [-0.2, -0.15) is 0 Å². The Morgan fingerprint density at radius 2 is 2.04 bits per heavy atom. The van der Waals surface area contributed by atoms with Crippen molar-refractivity contribution in [1.29, 1.82) is 0 Å². The Kier molecular flexibility index (Phi) is 5.29. The third-order valence-corrected chi connectivity index (χ3v) is 5.52. The lowest BCUT2D eigenvalue weighted by Gasteiger charge is -2.09. The molecule has 0 bridgehead atoms. The zero-order valence-electron chi connectivity index (χ0n) is 14.1. The monoisotopic (exact) mass is 419 g/mol. The Labute approximate surface area is 170 Å². The molecule has 138 valence electrons. The number of fused-ring (bicyclic) bond motifs is 1. The van der Waals surface area contributed by atoms with Crippen LogP contribution in [0.25, 0.3) is 11.3 Å². The predicted molar refractivity (Wildman–Crippen MR) is 109 cm³/mol. The molecule has 0 saturated carbocycles. The number of carbonyl (C=O) groups is 1. The molecule has 0 spiro atoms. The Bertz CT molecular complexity index is 968. The number of halogens is 2. The van der Waals surface area contributed by atoms with E-state index in [1.165, 1.54) is 0 Å². The number of ether oxygens (including phenoxy) is 1. The topological polar surface area (TPSA) is 56.1 Å². The van der Waals surface area contributed by atoms with Gasteiger partial charge in [-0.05, 0) is 30.3 Å². The first-order valence-corrected chi connectivity index (χ1v) is 10.0. The molecule has 2 aromatic carbocycles. The predicted octanol–water partition coefficient (Wildman–Crippen LogP) is 4.98. The van der Waals surface area contributed by atoms with Gasteiger partial charge in [-0.3, -0.25) is 4.79 Å². The molecule has 1 aliphatic rings. The first-order valence-electron chi connectivity index (χ1n) is 8.26. The number of benzene rings is 2. The van der Waals surface area contributed by atoms with Gasteiger partial charge >= 0.3 is 0 Å². The number of nitrogens with zero attached hydrogens (tertiary/aromatic N) is 2. The number of nitrogens with one attached hydrogen (secondary N) is 1. The fourth-order valence-corrected chi connectivity index (χ4v) is 4.11. The van der Waals surface area contributed by atoms with E-state index in [2.05, 4.69) is 21.1 Å². The summed E-state index contributed by atoms with van der Waals surface area (Å²) in [6.45, 7) is 0.854. The van der Waals surface area contributed by atoms with Crippen LogP contribution in [0, 0.1) is 0 Å². The van der Waals surface area contributed by atoms with Crippen LogP contribution in [0.15, 0.2) is 53.8 Å². The Morgan fingerprint density at radius 3 is 2.78 bits per heavy atom. The summed E-state index contributed by atoms with van der Waals surface area (Å²) in [6.07, 6.45) is 2.06. The molecule has 0 aliphatic carbocycles. The van der Waals surface area contributed by atoms with Crippen molar-refractivity contribution in [2.45, 2.75) is 11.7 Å². The normalized spacial score (nSPS) is 12.7. The minimum absolute atomic E-state index is 0.145. The maximum absolute atomic E-state index is 12.1. The third kappa shape index (κ3) is 4.24. The van der Waals surface area contributed by atoms with E-state index >= 15 is 0 Å². The van der Waals surface area contributed by atoms with E-state index in [1.54, 1.807) is 30.0 Å². The van der Waals surface area contributed by atoms with Gasteiger partial charge in [-0.15, -0.1) is 0 Å². The molecule has 5 nitrogen and oxygen atoms in total. The molecule has 2 heterocycles. The minimum atomic E-state index is -0.272. The van der Waals surface area contributed by atoms with Crippen molar-refractivity contribution in [3.63, 3.8) is 0 Å². The van der Waals surface area contributed by atoms with Crippen LogP contribution < -0.4 is 10.1 Å². The molecular formula is C19H15Cl2N3O2S. The number of hydrogen-bond donors (Lipinski definition) is 1. The van der Waals surface area contributed by atoms with Crippen molar-refractivity contribution in [3.05, 3.63) is 58.7 Å². The summed E-state index contributed by atoms with van der Waals surface area (Å²) in [4.78, 5) is 16.7. The highest BCUT2D eigenvalue weighted by atomic mass is 35.5. The van der Waals surface area contributed by atoms with E-state index in [0.717, 1.165) is 28.7 Å². The summed E-state index contributed by atoms with van der Waals surface area (Å²) in [5, 5.41) is 4.73. The van der Waals surface area contributed by atoms with Crippen LogP contribution in [0.2, 0.25) is 10.0 Å². The molecule has 4 rings (SSSR count). The lowest BCUT2D eigenvalue weighted by Crippen LogP contribution is -2.20. The second kappa shape index (κ2) is 7.84. The van der Waals surface area contributed by atoms with Crippen molar-refractivity contribution >= 4 is 46.6 Å². The molecule has 0 unspecified atom stereocenters. The molecule has 3 aromatic rings. The van der Waals surface area contributed by atoms with Crippen LogP contribution in [0.4, 0.5) is 5.69 Å². The standard InChI is InChI=1S/C19H15Cl2N3O2S/c20-13-3-6-17(15(21)9-13)26-11-18(25)22-14-4-1-12(2-5-14)16-10-24-7-8-27-19(24)23-16/h1-6,9-10H,7-8,11H2,(H,22,25). The van der Waals surface area contributed by atoms with Crippen molar-refractivity contribution in [3.8, 4) is 17.0 Å². The number of aryl methyl sites for hydroxylation is 1. The largest absolute Gasteiger partial charge is 0.482 e. The van der Waals surface area contributed by atoms with E-state index in [1.807, 2.05) is 24.3 Å². The van der Waals surface area contributed by atoms with Crippen molar-refractivity contribution in [1.82, 2.24) is 9.55 Å². The number of rotatable bonds is 5. The highest BCUT2D eigenvalue weighted by Gasteiger charge is 2.15. The van der Waals surface area contributed by atoms with Gasteiger partial charge in [-0.25, -0.2) is 4.98 Å². The van der Waals surface area contributed by atoms with Gasteiger partial charge in [0.2, 0.25) is 0 Å². The third-order valence-electron chi connectivity index (χ3n) is 4.02. The number of amides is 1. The molecule has 0 radical (unpaired) electrons. The molecule has 0 fully saturated rings. The van der Waals surface area contributed by atoms with Gasteiger partial charge in [0.1, 0.15) is 5.75 Å². The molecular weight excluding hydrogens is 405 g/mol. The van der Waals surface area contributed by atoms with Crippen molar-refractivity contribution in [2.24, 2.45) is 0 Å². The van der Waals surface area contributed by atoms with Crippen LogP contribution in [-0.2, 0) is 11.3 Å². The second-order valence-electron chi connectivity index (χ2n) is 5.94. The molecule has 27 heavy (non-hydrogen) atoms. The Morgan fingerprint density at radius 1 is 1.22 bits per heavy atom. The van der Waals surface area contributed by atoms with Gasteiger partial charge in [0.15, 0.2) is 11.8 Å². The van der Waals surface area contributed by atoms with Gasteiger partial charge in [0.05, 0.1) is 10.7 Å². The average molecular weight is 420 g/mol. The number of thioether (sulfide) groups is 1. The zero-order chi connectivity index (χ0) is 18.8. The quantitative estimate of drug-likeness (QED) is 0.633. The maximum Gasteiger partial charge on any atom is 0.262 e. The highest BCUT2D eigenvalue weighted by Crippen LogP contribution is 2.30. The van der Waals surface area contributed by atoms with Crippen LogP contribution in [-0.4, -0.2) is 27.8 Å². The fraction of sp³-hybridized carbons (Fsp3) is 0.158. The lowest BCUT2D eigenvalue weighted by molar-refractivity contribution is -0.118. The molecule has 0 atom stereocenters. The number of aromatic nitrogens is 2. The fourth-order valence-electron chi connectivity index (χ4n) is 2.71. The second-order valence-corrected chi connectivity index (χ2v) is 7.85. The Balaban J connectivity index is 1.35. The summed E-state index contributed by atoms with van der Waals surface area (Å²) in [6, 6.07) is 12.4. The van der Waals surface area contributed by atoms with Crippen molar-refractivity contribution < 1.29 is 9.53 Å². The molecule has 0 saturated heterocycles. The van der Waals surface area contributed by atoms with Gasteiger partial charge in [0.25, 0.3) is 5.91 Å². The Hall–Kier alpha value is -2.15. The first kappa shape index (κ1) is 18.2. The summed E-state index contributed by atoms with van der Waals surface area (Å²) < 4.78 is 7.60. The molecule has 1 aliphatic heterocycles. The minimum Gasteiger partial charge on any atom is -0.482 e. The molecule has 1 amide bonds. The summed E-state index contributed by atoms with van der Waals surface area (Å²) in [7, 11) is 0. The van der Waals surface area contributed by atoms with E-state index in [-0.39, 0.29) is 12.5 Å². The van der Waals surface area contributed by atoms with Gasteiger partial charge in [0, 0.05) is 34.8 Å². The van der Waals surface area contributed by atoms with E-state index < -0.39 is 0 Å². The highest BCUT2D eigenvalue weighted by molar-refractivity contribution is 7.99. The van der Waals surface area contributed by atoms with E-state index in [4.69, 9.17) is 27.9 Å². The lowest BCUT2D eigenvalue weighted by atomic mass is 10.1. The van der Waals surface area contributed by atoms with Crippen LogP contribution in [0.5, 0.6) is 5.75 Å². The maximum atomic E-state index is 12.1. The number of carbonyl (C=O) groups excluding carboxylic acids is 1. The first-order chi connectivity index (χ1) is 13.1. The van der Waals surface area contributed by atoms with Gasteiger partial charge in [-0.1, -0.05) is 47.1 Å². The zero-order valence-corrected chi connectivity index (χ0v) is 16.4. The summed E-state index contributed by atoms with van der Waals surface area (Å²) >= 11 is 13.6. The van der Waals surface area contributed by atoms with Crippen molar-refractivity contribution in [2.75, 3.05) is 17.7 Å². The van der Waals surface area contributed by atoms with Crippen LogP contribution in [0.1, 0.15) is 0 Å². The molecule has 8 heteroatoms. The number of hydrogen-bond acceptors (Lipinski definition) is 4. The van der Waals surface area contributed by atoms with E-state index in [0.29, 0.717) is 21.5 Å². The smallest absolute Gasteiger partial charge is 0.262 e. The van der Waals surface area contributed by atoms with Gasteiger partial charge < -0.3 is 14.6 Å². The van der Waals surface area contributed by atoms with Crippen LogP contribution >= 0.6 is 35.0 Å². The van der Waals surface area contributed by atoms with E-state index in [9.17, 15) is 4.79 Å². The molecule has 1 aromatic heterocycles. The number of anilines is 1. The van der Waals surface area contributed by atoms with Crippen LogP contribution in [0.3, 0.4) is 0 Å². The summed E-state index contributed by atoms with van der Waals surface area (Å²) in [5.74, 6) is 1.22. The molecule has 1 N–H and O–H groups in total. The average Bonchev–Trinajstić information content (AvgIpc) is 3.23. The number of imidazole rings is 1. The SMILES string of the molecule is O=C(COc1ccc(Cl)cc1Cl)Nc1ccc(-c2cn3c(n2)SCC3)cc1.